The van der Waals surface area contributed by atoms with Crippen LogP contribution in [-0.2, 0) is 0 Å². The number of rotatable bonds is 3. The fourth-order valence-corrected chi connectivity index (χ4v) is 9.88. The Morgan fingerprint density at radius 3 is 1.60 bits per heavy atom. The predicted octanol–water partition coefficient (Wildman–Crippen LogP) is 16.3. The van der Waals surface area contributed by atoms with Gasteiger partial charge in [0.15, 0.2) is 0 Å². The highest BCUT2D eigenvalue weighted by atomic mass is 16.3. The van der Waals surface area contributed by atoms with Crippen molar-refractivity contribution in [2.24, 2.45) is 0 Å². The van der Waals surface area contributed by atoms with Crippen molar-refractivity contribution in [3.63, 3.8) is 0 Å². The van der Waals surface area contributed by atoms with E-state index in [0.29, 0.717) is 0 Å². The Morgan fingerprint density at radius 1 is 0.259 bits per heavy atom. The van der Waals surface area contributed by atoms with Gasteiger partial charge in [-0.05, 0) is 124 Å². The van der Waals surface area contributed by atoms with Crippen LogP contribution in [0.15, 0.2) is 203 Å². The largest absolute Gasteiger partial charge is 0.456 e. The first-order valence-electron chi connectivity index (χ1n) is 19.9. The SMILES string of the molecule is c1ccc2c(-c3c4ccccc4c(-c4ccc5cc(-c6cc7oc8ccc9c%10ccccc%10oc9c8c7c7ccccc67)ccc5c4)c4ccccc34)cccc2c1. The summed E-state index contributed by atoms with van der Waals surface area (Å²) in [6.07, 6.45) is 0. The predicted molar refractivity (Wildman–Crippen MR) is 245 cm³/mol. The molecule has 13 rings (SSSR count). The molecule has 2 heterocycles. The second-order valence-electron chi connectivity index (χ2n) is 15.5. The molecule has 0 N–H and O–H groups in total. The van der Waals surface area contributed by atoms with E-state index in [9.17, 15) is 0 Å². The van der Waals surface area contributed by atoms with Crippen molar-refractivity contribution in [2.45, 2.75) is 0 Å². The number of furan rings is 2. The molecule has 0 fully saturated rings. The summed E-state index contributed by atoms with van der Waals surface area (Å²) in [6, 6.07) is 70.4. The van der Waals surface area contributed by atoms with E-state index in [1.165, 1.54) is 70.7 Å². The molecule has 0 aliphatic heterocycles. The van der Waals surface area contributed by atoms with E-state index in [-0.39, 0.29) is 0 Å². The summed E-state index contributed by atoms with van der Waals surface area (Å²) >= 11 is 0. The fourth-order valence-electron chi connectivity index (χ4n) is 9.88. The average molecular weight is 737 g/mol. The Balaban J connectivity index is 0.991. The molecule has 0 bridgehead atoms. The molecule has 0 aliphatic carbocycles. The molecule has 0 unspecified atom stereocenters. The van der Waals surface area contributed by atoms with Gasteiger partial charge in [0, 0.05) is 16.2 Å². The minimum atomic E-state index is 0.833. The standard InChI is InChI=1S/C56H32O2/c1-2-14-38-33(12-1)13-11-22-41(38)53-45-20-7-5-18-43(45)52(44-19-6-8-21-46(44)53)37-27-25-34-30-36(26-24-35(34)31-37)48-32-51-54(42-17-4-3-15-39(42)48)55-50(57-51)29-28-47-40-16-9-10-23-49(40)58-56(47)55/h1-32H. The van der Waals surface area contributed by atoms with Gasteiger partial charge in [-0.3, -0.25) is 0 Å². The van der Waals surface area contributed by atoms with Gasteiger partial charge in [-0.25, -0.2) is 0 Å². The topological polar surface area (TPSA) is 26.3 Å². The summed E-state index contributed by atoms with van der Waals surface area (Å²) in [6.45, 7) is 0. The van der Waals surface area contributed by atoms with Crippen LogP contribution in [0.3, 0.4) is 0 Å². The lowest BCUT2D eigenvalue weighted by molar-refractivity contribution is 0.663. The summed E-state index contributed by atoms with van der Waals surface area (Å²) in [5, 5.41) is 16.6. The van der Waals surface area contributed by atoms with Gasteiger partial charge in [0.25, 0.3) is 0 Å². The number of para-hydroxylation sites is 1. The molecule has 58 heavy (non-hydrogen) atoms. The van der Waals surface area contributed by atoms with Gasteiger partial charge in [0.1, 0.15) is 22.3 Å². The number of benzene rings is 11. The van der Waals surface area contributed by atoms with E-state index < -0.39 is 0 Å². The minimum Gasteiger partial charge on any atom is -0.456 e. The van der Waals surface area contributed by atoms with Gasteiger partial charge in [-0.15, -0.1) is 0 Å². The van der Waals surface area contributed by atoms with Gasteiger partial charge in [0.05, 0.1) is 5.39 Å². The highest BCUT2D eigenvalue weighted by Crippen LogP contribution is 2.47. The molecular formula is C56H32O2. The molecule has 0 radical (unpaired) electrons. The smallest absolute Gasteiger partial charge is 0.147 e. The summed E-state index contributed by atoms with van der Waals surface area (Å²) in [5.41, 5.74) is 10.8. The van der Waals surface area contributed by atoms with Crippen molar-refractivity contribution in [3.8, 4) is 33.4 Å². The van der Waals surface area contributed by atoms with E-state index in [1.54, 1.807) is 0 Å². The Kier molecular flexibility index (Phi) is 6.47. The Morgan fingerprint density at radius 2 is 0.845 bits per heavy atom. The molecule has 268 valence electrons. The molecule has 0 amide bonds. The molecule has 11 aromatic carbocycles. The summed E-state index contributed by atoms with van der Waals surface area (Å²) in [5.74, 6) is 0. The lowest BCUT2D eigenvalue weighted by Gasteiger charge is -2.19. The van der Waals surface area contributed by atoms with Crippen molar-refractivity contribution in [1.29, 1.82) is 0 Å². The maximum Gasteiger partial charge on any atom is 0.147 e. The van der Waals surface area contributed by atoms with Gasteiger partial charge in [-0.2, -0.15) is 0 Å². The van der Waals surface area contributed by atoms with Crippen molar-refractivity contribution < 1.29 is 8.83 Å². The molecule has 13 aromatic rings. The average Bonchev–Trinajstić information content (AvgIpc) is 3.86. The Labute approximate surface area is 332 Å². The van der Waals surface area contributed by atoms with Crippen LogP contribution in [0.25, 0.3) is 131 Å². The molecule has 0 spiro atoms. The van der Waals surface area contributed by atoms with Crippen LogP contribution in [0.2, 0.25) is 0 Å². The molecule has 0 atom stereocenters. The highest BCUT2D eigenvalue weighted by molar-refractivity contribution is 6.29. The maximum absolute atomic E-state index is 6.65. The highest BCUT2D eigenvalue weighted by Gasteiger charge is 2.21. The molecular weight excluding hydrogens is 705 g/mol. The first-order chi connectivity index (χ1) is 28.8. The third-order valence-electron chi connectivity index (χ3n) is 12.4. The van der Waals surface area contributed by atoms with Crippen LogP contribution < -0.4 is 0 Å². The summed E-state index contributed by atoms with van der Waals surface area (Å²) < 4.78 is 13.2. The van der Waals surface area contributed by atoms with E-state index in [2.05, 4.69) is 182 Å². The normalized spacial score (nSPS) is 12.1. The molecule has 2 aromatic heterocycles. The van der Waals surface area contributed by atoms with Gasteiger partial charge in [0.2, 0.25) is 0 Å². The minimum absolute atomic E-state index is 0.833. The molecule has 0 saturated heterocycles. The third-order valence-corrected chi connectivity index (χ3v) is 12.4. The van der Waals surface area contributed by atoms with Gasteiger partial charge in [-0.1, -0.05) is 158 Å². The van der Waals surface area contributed by atoms with E-state index in [4.69, 9.17) is 8.83 Å². The summed E-state index contributed by atoms with van der Waals surface area (Å²) in [4.78, 5) is 0. The van der Waals surface area contributed by atoms with Crippen molar-refractivity contribution >= 4 is 97.7 Å². The Bertz CT molecular complexity index is 3800. The van der Waals surface area contributed by atoms with Crippen LogP contribution in [0.1, 0.15) is 0 Å². The molecule has 2 nitrogen and oxygen atoms in total. The first kappa shape index (κ1) is 31.5. The molecule has 0 aliphatic rings. The van der Waals surface area contributed by atoms with Crippen LogP contribution in [0.4, 0.5) is 0 Å². The second-order valence-corrected chi connectivity index (χ2v) is 15.5. The zero-order valence-electron chi connectivity index (χ0n) is 31.3. The summed E-state index contributed by atoms with van der Waals surface area (Å²) in [7, 11) is 0. The van der Waals surface area contributed by atoms with Gasteiger partial charge >= 0.3 is 0 Å². The number of hydrogen-bond acceptors (Lipinski definition) is 2. The van der Waals surface area contributed by atoms with Gasteiger partial charge < -0.3 is 8.83 Å². The zero-order valence-corrected chi connectivity index (χ0v) is 31.3. The van der Waals surface area contributed by atoms with Crippen molar-refractivity contribution in [1.82, 2.24) is 0 Å². The third kappa shape index (κ3) is 4.43. The molecule has 2 heteroatoms. The zero-order chi connectivity index (χ0) is 37.9. The number of hydrogen-bond donors (Lipinski definition) is 0. The quantitative estimate of drug-likeness (QED) is 0.169. The Hall–Kier alpha value is -7.68. The van der Waals surface area contributed by atoms with Crippen molar-refractivity contribution in [2.75, 3.05) is 0 Å². The fraction of sp³-hybridized carbons (Fsp3) is 0. The van der Waals surface area contributed by atoms with Crippen LogP contribution in [-0.4, -0.2) is 0 Å². The lowest BCUT2D eigenvalue weighted by Crippen LogP contribution is -1.91. The first-order valence-corrected chi connectivity index (χ1v) is 19.9. The number of fused-ring (bicyclic) bond motifs is 13. The van der Waals surface area contributed by atoms with E-state index in [1.807, 2.05) is 12.1 Å². The van der Waals surface area contributed by atoms with Crippen LogP contribution in [0, 0.1) is 0 Å². The maximum atomic E-state index is 6.65. The molecule has 0 saturated carbocycles. The van der Waals surface area contributed by atoms with Crippen LogP contribution >= 0.6 is 0 Å². The second kappa shape index (κ2) is 11.9. The van der Waals surface area contributed by atoms with Crippen LogP contribution in [0.5, 0.6) is 0 Å². The van der Waals surface area contributed by atoms with Crippen molar-refractivity contribution in [3.05, 3.63) is 194 Å². The monoisotopic (exact) mass is 736 g/mol. The van der Waals surface area contributed by atoms with E-state index in [0.717, 1.165) is 60.4 Å². The lowest BCUT2D eigenvalue weighted by atomic mass is 9.84. The van der Waals surface area contributed by atoms with E-state index >= 15 is 0 Å².